The molecule has 4 aromatic rings. The van der Waals surface area contributed by atoms with Crippen molar-refractivity contribution in [3.05, 3.63) is 93.1 Å². The van der Waals surface area contributed by atoms with E-state index in [0.717, 1.165) is 11.1 Å². The topological polar surface area (TPSA) is 117 Å². The minimum Gasteiger partial charge on any atom is -0.506 e. The zero-order valence-corrected chi connectivity index (χ0v) is 17.3. The van der Waals surface area contributed by atoms with Gasteiger partial charge in [0.15, 0.2) is 5.43 Å². The summed E-state index contributed by atoms with van der Waals surface area (Å²) in [5, 5.41) is 22.0. The number of phenols is 1. The summed E-state index contributed by atoms with van der Waals surface area (Å²) in [6, 6.07) is 15.2. The minimum atomic E-state index is -1.17. The van der Waals surface area contributed by atoms with Crippen LogP contribution in [-0.4, -0.2) is 22.1 Å². The van der Waals surface area contributed by atoms with Crippen LogP contribution in [0.2, 0.25) is 0 Å². The molecule has 0 saturated heterocycles. The van der Waals surface area contributed by atoms with Crippen LogP contribution in [0.1, 0.15) is 31.8 Å². The fourth-order valence-corrected chi connectivity index (χ4v) is 3.50. The quantitative estimate of drug-likeness (QED) is 0.404. The van der Waals surface area contributed by atoms with Gasteiger partial charge in [-0.3, -0.25) is 9.59 Å². The molecular weight excluding hydrogens is 410 g/mol. The molecule has 0 radical (unpaired) electrons. The molecule has 0 spiro atoms. The van der Waals surface area contributed by atoms with Crippen LogP contribution >= 0.6 is 0 Å². The van der Waals surface area contributed by atoms with Gasteiger partial charge in [-0.05, 0) is 61.4 Å². The van der Waals surface area contributed by atoms with Crippen molar-refractivity contribution in [2.24, 2.45) is 0 Å². The summed E-state index contributed by atoms with van der Waals surface area (Å²) in [7, 11) is 0. The molecule has 160 valence electrons. The molecular formula is C25H19NO6. The molecule has 7 nitrogen and oxygen atoms in total. The summed E-state index contributed by atoms with van der Waals surface area (Å²) >= 11 is 0. The average molecular weight is 429 g/mol. The molecule has 0 aliphatic rings. The van der Waals surface area contributed by atoms with Crippen molar-refractivity contribution >= 4 is 28.5 Å². The molecule has 3 N–H and O–H groups in total. The van der Waals surface area contributed by atoms with Gasteiger partial charge < -0.3 is 19.9 Å². The molecule has 7 heteroatoms. The van der Waals surface area contributed by atoms with E-state index in [1.807, 2.05) is 19.9 Å². The number of carboxylic acids is 1. The van der Waals surface area contributed by atoms with Crippen molar-refractivity contribution in [2.75, 3.05) is 5.32 Å². The summed E-state index contributed by atoms with van der Waals surface area (Å²) in [4.78, 5) is 36.2. The molecule has 32 heavy (non-hydrogen) atoms. The monoisotopic (exact) mass is 429 g/mol. The first kappa shape index (κ1) is 20.9. The smallest absolute Gasteiger partial charge is 0.335 e. The number of benzene rings is 3. The van der Waals surface area contributed by atoms with Gasteiger partial charge in [0.05, 0.1) is 16.6 Å². The second-order valence-corrected chi connectivity index (χ2v) is 7.50. The number of hydrogen-bond donors (Lipinski definition) is 3. The molecule has 3 aromatic carbocycles. The summed E-state index contributed by atoms with van der Waals surface area (Å²) < 4.78 is 5.97. The molecule has 0 aliphatic carbocycles. The van der Waals surface area contributed by atoms with Gasteiger partial charge in [-0.15, -0.1) is 0 Å². The third-order valence-electron chi connectivity index (χ3n) is 5.08. The standard InChI is InChI=1S/C25H19NO6/c1-13-9-14(2)23-18(10-13)21(28)12-22(32-23)15-3-5-16(6-4-15)24(29)26-19-11-17(25(30)31)7-8-20(19)27/h3-12,27H,1-2H3,(H,26,29)(H,30,31). The highest BCUT2D eigenvalue weighted by Gasteiger charge is 2.14. The third kappa shape index (κ3) is 3.96. The Balaban J connectivity index is 1.63. The Kier molecular flexibility index (Phi) is 5.24. The van der Waals surface area contributed by atoms with E-state index >= 15 is 0 Å². The maximum Gasteiger partial charge on any atom is 0.335 e. The van der Waals surface area contributed by atoms with Crippen LogP contribution in [0.4, 0.5) is 5.69 Å². The number of hydrogen-bond acceptors (Lipinski definition) is 5. The number of rotatable bonds is 4. The summed E-state index contributed by atoms with van der Waals surface area (Å²) in [5.74, 6) is -1.57. The molecule has 0 bridgehead atoms. The van der Waals surface area contributed by atoms with E-state index in [0.29, 0.717) is 22.3 Å². The van der Waals surface area contributed by atoms with Crippen molar-refractivity contribution in [2.45, 2.75) is 13.8 Å². The number of nitrogens with one attached hydrogen (secondary N) is 1. The first-order valence-corrected chi connectivity index (χ1v) is 9.76. The fourth-order valence-electron chi connectivity index (χ4n) is 3.50. The van der Waals surface area contributed by atoms with Gasteiger partial charge in [0, 0.05) is 17.2 Å². The van der Waals surface area contributed by atoms with Crippen LogP contribution in [0, 0.1) is 13.8 Å². The summed E-state index contributed by atoms with van der Waals surface area (Å²) in [6.07, 6.45) is 0. The van der Waals surface area contributed by atoms with Crippen molar-refractivity contribution in [1.29, 1.82) is 0 Å². The Hall–Kier alpha value is -4.39. The lowest BCUT2D eigenvalue weighted by Gasteiger charge is -2.09. The maximum atomic E-state index is 12.6. The van der Waals surface area contributed by atoms with Crippen LogP contribution in [0.3, 0.4) is 0 Å². The number of aryl methyl sites for hydroxylation is 2. The number of carboxylic acid groups (broad SMARTS) is 1. The van der Waals surface area contributed by atoms with Crippen LogP contribution in [0.15, 0.2) is 69.9 Å². The van der Waals surface area contributed by atoms with Crippen molar-refractivity contribution in [3.8, 4) is 17.1 Å². The Morgan fingerprint density at radius 2 is 1.59 bits per heavy atom. The van der Waals surface area contributed by atoms with Crippen molar-refractivity contribution in [1.82, 2.24) is 0 Å². The first-order chi connectivity index (χ1) is 15.2. The second-order valence-electron chi connectivity index (χ2n) is 7.50. The largest absolute Gasteiger partial charge is 0.506 e. The molecule has 0 fully saturated rings. The average Bonchev–Trinajstić information content (AvgIpc) is 2.75. The summed E-state index contributed by atoms with van der Waals surface area (Å²) in [6.45, 7) is 3.80. The van der Waals surface area contributed by atoms with Gasteiger partial charge >= 0.3 is 5.97 Å². The first-order valence-electron chi connectivity index (χ1n) is 9.76. The predicted molar refractivity (Wildman–Crippen MR) is 120 cm³/mol. The molecule has 0 saturated carbocycles. The number of aromatic carboxylic acids is 1. The van der Waals surface area contributed by atoms with E-state index in [4.69, 9.17) is 9.52 Å². The Labute approximate surface area is 182 Å². The van der Waals surface area contributed by atoms with Gasteiger partial charge in [0.2, 0.25) is 0 Å². The number of phenolic OH excluding ortho intramolecular Hbond substituents is 1. The van der Waals surface area contributed by atoms with E-state index in [2.05, 4.69) is 5.32 Å². The molecule has 1 aromatic heterocycles. The summed E-state index contributed by atoms with van der Waals surface area (Å²) in [5.41, 5.74) is 3.04. The molecule has 1 amide bonds. The second kappa shape index (κ2) is 8.03. The molecule has 1 heterocycles. The third-order valence-corrected chi connectivity index (χ3v) is 5.08. The van der Waals surface area contributed by atoms with E-state index in [1.165, 1.54) is 24.3 Å². The van der Waals surface area contributed by atoms with Crippen LogP contribution in [0.25, 0.3) is 22.3 Å². The minimum absolute atomic E-state index is 0.00901. The van der Waals surface area contributed by atoms with Crippen molar-refractivity contribution in [3.63, 3.8) is 0 Å². The van der Waals surface area contributed by atoms with Crippen LogP contribution in [0.5, 0.6) is 5.75 Å². The van der Waals surface area contributed by atoms with E-state index < -0.39 is 11.9 Å². The lowest BCUT2D eigenvalue weighted by molar-refractivity contribution is 0.0696. The van der Waals surface area contributed by atoms with Crippen molar-refractivity contribution < 1.29 is 24.2 Å². The predicted octanol–water partition coefficient (Wildman–Crippen LogP) is 4.73. The van der Waals surface area contributed by atoms with Gasteiger partial charge in [-0.1, -0.05) is 18.2 Å². The fraction of sp³-hybridized carbons (Fsp3) is 0.0800. The normalized spacial score (nSPS) is 10.8. The highest BCUT2D eigenvalue weighted by molar-refractivity contribution is 6.05. The van der Waals surface area contributed by atoms with E-state index in [-0.39, 0.29) is 28.0 Å². The number of carbonyl (C=O) groups is 2. The van der Waals surface area contributed by atoms with Crippen LogP contribution in [-0.2, 0) is 0 Å². The molecule has 0 atom stereocenters. The number of anilines is 1. The van der Waals surface area contributed by atoms with Gasteiger partial charge in [0.25, 0.3) is 5.91 Å². The van der Waals surface area contributed by atoms with E-state index in [9.17, 15) is 19.5 Å². The van der Waals surface area contributed by atoms with Crippen LogP contribution < -0.4 is 10.7 Å². The van der Waals surface area contributed by atoms with Gasteiger partial charge in [0.1, 0.15) is 17.1 Å². The Morgan fingerprint density at radius 3 is 2.28 bits per heavy atom. The highest BCUT2D eigenvalue weighted by atomic mass is 16.4. The maximum absolute atomic E-state index is 12.6. The lowest BCUT2D eigenvalue weighted by atomic mass is 10.1. The molecule has 0 unspecified atom stereocenters. The highest BCUT2D eigenvalue weighted by Crippen LogP contribution is 2.27. The lowest BCUT2D eigenvalue weighted by Crippen LogP contribution is -2.12. The van der Waals surface area contributed by atoms with Gasteiger partial charge in [-0.25, -0.2) is 4.79 Å². The Morgan fingerprint density at radius 1 is 0.906 bits per heavy atom. The Bertz CT molecular complexity index is 1430. The SMILES string of the molecule is Cc1cc(C)c2oc(-c3ccc(C(=O)Nc4cc(C(=O)O)ccc4O)cc3)cc(=O)c2c1. The van der Waals surface area contributed by atoms with E-state index in [1.54, 1.807) is 30.3 Å². The van der Waals surface area contributed by atoms with Gasteiger partial charge in [-0.2, -0.15) is 0 Å². The number of amides is 1. The number of fused-ring (bicyclic) bond motifs is 1. The number of carbonyl (C=O) groups excluding carboxylic acids is 1. The zero-order valence-electron chi connectivity index (χ0n) is 17.3. The molecule has 0 aliphatic heterocycles. The zero-order chi connectivity index (χ0) is 23.0. The molecule has 4 rings (SSSR count). The number of aromatic hydroxyl groups is 1.